The zero-order chi connectivity index (χ0) is 25.5. The Morgan fingerprint density at radius 2 is 1.94 bits per heavy atom. The molecule has 1 heterocycles. The summed E-state index contributed by atoms with van der Waals surface area (Å²) in [4.78, 5) is 13.2. The standard InChI is InChI=1S/C28H30BrClN2O4/c1-18-15-21(34-13-4-14-36-27-5-2-3-12-35-27)8-10-22(18)28(33)23-9-7-20(17-24(23)30)32-26-11-6-19(29)16-25(26)31/h6-11,15-17,27,32H,2-5,12-14,31H2,1H3. The highest BCUT2D eigenvalue weighted by atomic mass is 79.9. The summed E-state index contributed by atoms with van der Waals surface area (Å²) >= 11 is 9.90. The third-order valence-corrected chi connectivity index (χ3v) is 6.75. The summed E-state index contributed by atoms with van der Waals surface area (Å²) in [6.45, 7) is 3.79. The quantitative estimate of drug-likeness (QED) is 0.151. The average molecular weight is 574 g/mol. The number of benzene rings is 3. The van der Waals surface area contributed by atoms with E-state index in [0.717, 1.165) is 59.5 Å². The number of carbonyl (C=O) groups excluding carboxylic acids is 1. The Labute approximate surface area is 225 Å². The molecule has 8 heteroatoms. The van der Waals surface area contributed by atoms with Crippen LogP contribution in [0.15, 0.2) is 59.1 Å². The molecule has 3 aromatic carbocycles. The van der Waals surface area contributed by atoms with Gasteiger partial charge in [0.05, 0.1) is 29.6 Å². The first kappa shape index (κ1) is 26.5. The molecular weight excluding hydrogens is 544 g/mol. The van der Waals surface area contributed by atoms with Crippen molar-refractivity contribution in [3.05, 3.63) is 80.8 Å². The van der Waals surface area contributed by atoms with Crippen molar-refractivity contribution >= 4 is 50.4 Å². The predicted molar refractivity (Wildman–Crippen MR) is 148 cm³/mol. The number of carbonyl (C=O) groups is 1. The number of nitrogens with one attached hydrogen (secondary N) is 1. The van der Waals surface area contributed by atoms with E-state index in [9.17, 15) is 4.79 Å². The van der Waals surface area contributed by atoms with Gasteiger partial charge in [-0.2, -0.15) is 0 Å². The predicted octanol–water partition coefficient (Wildman–Crippen LogP) is 7.28. The van der Waals surface area contributed by atoms with Crippen molar-refractivity contribution in [2.75, 3.05) is 30.9 Å². The number of aryl methyl sites for hydroxylation is 1. The fraction of sp³-hybridized carbons (Fsp3) is 0.321. The van der Waals surface area contributed by atoms with Gasteiger partial charge in [0.1, 0.15) is 5.75 Å². The number of ether oxygens (including phenoxy) is 3. The lowest BCUT2D eigenvalue weighted by molar-refractivity contribution is -0.163. The van der Waals surface area contributed by atoms with Gasteiger partial charge in [0.25, 0.3) is 0 Å². The van der Waals surface area contributed by atoms with E-state index in [1.165, 1.54) is 0 Å². The number of ketones is 1. The fourth-order valence-electron chi connectivity index (χ4n) is 4.01. The molecule has 0 saturated carbocycles. The number of nitrogen functional groups attached to an aromatic ring is 1. The maximum atomic E-state index is 13.2. The van der Waals surface area contributed by atoms with Gasteiger partial charge < -0.3 is 25.3 Å². The van der Waals surface area contributed by atoms with E-state index >= 15 is 0 Å². The van der Waals surface area contributed by atoms with Crippen LogP contribution in [-0.4, -0.2) is 31.9 Å². The van der Waals surface area contributed by atoms with Crippen LogP contribution in [0, 0.1) is 6.92 Å². The molecule has 0 radical (unpaired) electrons. The molecule has 190 valence electrons. The van der Waals surface area contributed by atoms with Gasteiger partial charge in [0.2, 0.25) is 0 Å². The van der Waals surface area contributed by atoms with Crippen LogP contribution in [0.3, 0.4) is 0 Å². The second kappa shape index (κ2) is 12.6. The van der Waals surface area contributed by atoms with Gasteiger partial charge in [0, 0.05) is 34.3 Å². The Kier molecular flexibility index (Phi) is 9.26. The number of anilines is 3. The minimum absolute atomic E-state index is 0.0816. The van der Waals surface area contributed by atoms with E-state index in [-0.39, 0.29) is 12.1 Å². The largest absolute Gasteiger partial charge is 0.493 e. The van der Waals surface area contributed by atoms with Crippen molar-refractivity contribution < 1.29 is 19.0 Å². The Morgan fingerprint density at radius 3 is 2.67 bits per heavy atom. The van der Waals surface area contributed by atoms with Crippen molar-refractivity contribution in [3.63, 3.8) is 0 Å². The van der Waals surface area contributed by atoms with Crippen molar-refractivity contribution in [2.24, 2.45) is 0 Å². The van der Waals surface area contributed by atoms with Crippen molar-refractivity contribution in [1.82, 2.24) is 0 Å². The summed E-state index contributed by atoms with van der Waals surface area (Å²) < 4.78 is 18.1. The van der Waals surface area contributed by atoms with E-state index in [0.29, 0.717) is 35.1 Å². The monoisotopic (exact) mass is 572 g/mol. The molecular formula is C28H30BrClN2O4. The van der Waals surface area contributed by atoms with Gasteiger partial charge in [-0.3, -0.25) is 4.79 Å². The highest BCUT2D eigenvalue weighted by Crippen LogP contribution is 2.30. The van der Waals surface area contributed by atoms with Crippen LogP contribution in [0.4, 0.5) is 17.1 Å². The number of hydrogen-bond acceptors (Lipinski definition) is 6. The molecule has 1 saturated heterocycles. The lowest BCUT2D eigenvalue weighted by Crippen LogP contribution is -2.23. The fourth-order valence-corrected chi connectivity index (χ4v) is 4.66. The number of hydrogen-bond donors (Lipinski definition) is 2. The van der Waals surface area contributed by atoms with Crippen LogP contribution in [0.2, 0.25) is 5.02 Å². The van der Waals surface area contributed by atoms with Gasteiger partial charge in [-0.25, -0.2) is 0 Å². The van der Waals surface area contributed by atoms with Crippen LogP contribution in [-0.2, 0) is 9.47 Å². The topological polar surface area (TPSA) is 82.8 Å². The number of nitrogens with two attached hydrogens (primary N) is 1. The first-order chi connectivity index (χ1) is 17.4. The van der Waals surface area contributed by atoms with Gasteiger partial charge in [-0.05, 0) is 86.3 Å². The lowest BCUT2D eigenvalue weighted by Gasteiger charge is -2.22. The zero-order valence-electron chi connectivity index (χ0n) is 20.2. The third-order valence-electron chi connectivity index (χ3n) is 5.95. The summed E-state index contributed by atoms with van der Waals surface area (Å²) in [7, 11) is 0. The van der Waals surface area contributed by atoms with E-state index in [1.54, 1.807) is 18.2 Å². The van der Waals surface area contributed by atoms with Crippen LogP contribution in [0.5, 0.6) is 5.75 Å². The second-order valence-corrected chi connectivity index (χ2v) is 10.0. The van der Waals surface area contributed by atoms with Crippen molar-refractivity contribution in [1.29, 1.82) is 0 Å². The summed E-state index contributed by atoms with van der Waals surface area (Å²) in [6.07, 6.45) is 3.90. The lowest BCUT2D eigenvalue weighted by atomic mass is 9.98. The minimum Gasteiger partial charge on any atom is -0.493 e. The van der Waals surface area contributed by atoms with Gasteiger partial charge in [0.15, 0.2) is 12.1 Å². The first-order valence-electron chi connectivity index (χ1n) is 12.0. The normalized spacial score (nSPS) is 15.5. The maximum Gasteiger partial charge on any atom is 0.194 e. The molecule has 1 unspecified atom stereocenters. The van der Waals surface area contributed by atoms with Crippen LogP contribution < -0.4 is 15.8 Å². The molecule has 4 rings (SSSR count). The molecule has 0 bridgehead atoms. The third kappa shape index (κ3) is 7.01. The number of halogens is 2. The van der Waals surface area contributed by atoms with E-state index in [4.69, 9.17) is 31.5 Å². The molecule has 1 aliphatic rings. The van der Waals surface area contributed by atoms with Crippen LogP contribution in [0.25, 0.3) is 0 Å². The van der Waals surface area contributed by atoms with Gasteiger partial charge in [-0.15, -0.1) is 0 Å². The summed E-state index contributed by atoms with van der Waals surface area (Å²) in [5, 5.41) is 3.60. The molecule has 0 aliphatic carbocycles. The highest BCUT2D eigenvalue weighted by Gasteiger charge is 2.17. The van der Waals surface area contributed by atoms with E-state index in [1.807, 2.05) is 43.3 Å². The Hall–Kier alpha value is -2.58. The molecule has 0 amide bonds. The molecule has 36 heavy (non-hydrogen) atoms. The smallest absolute Gasteiger partial charge is 0.194 e. The Bertz CT molecular complexity index is 1210. The van der Waals surface area contributed by atoms with Gasteiger partial charge >= 0.3 is 0 Å². The molecule has 6 nitrogen and oxygen atoms in total. The molecule has 1 fully saturated rings. The summed E-state index contributed by atoms with van der Waals surface area (Å²) in [6, 6.07) is 16.3. The average Bonchev–Trinajstić information content (AvgIpc) is 2.86. The molecule has 1 atom stereocenters. The first-order valence-corrected chi connectivity index (χ1v) is 13.2. The molecule has 3 aromatic rings. The number of rotatable bonds is 10. The zero-order valence-corrected chi connectivity index (χ0v) is 22.5. The minimum atomic E-state index is -0.139. The highest BCUT2D eigenvalue weighted by molar-refractivity contribution is 9.10. The van der Waals surface area contributed by atoms with Crippen molar-refractivity contribution in [3.8, 4) is 5.75 Å². The van der Waals surface area contributed by atoms with E-state index in [2.05, 4.69) is 21.2 Å². The molecule has 1 aliphatic heterocycles. The molecule has 0 aromatic heterocycles. The summed E-state index contributed by atoms with van der Waals surface area (Å²) in [5.74, 6) is 0.579. The maximum absolute atomic E-state index is 13.2. The summed E-state index contributed by atoms with van der Waals surface area (Å²) in [5.41, 5.74) is 10.0. The second-order valence-electron chi connectivity index (χ2n) is 8.73. The Morgan fingerprint density at radius 1 is 1.11 bits per heavy atom. The van der Waals surface area contributed by atoms with Gasteiger partial charge in [-0.1, -0.05) is 27.5 Å². The SMILES string of the molecule is Cc1cc(OCCCOC2CCCCO2)ccc1C(=O)c1ccc(Nc2ccc(Br)cc2N)cc1Cl. The van der Waals surface area contributed by atoms with E-state index < -0.39 is 0 Å². The van der Waals surface area contributed by atoms with Crippen LogP contribution >= 0.6 is 27.5 Å². The molecule has 0 spiro atoms. The molecule has 3 N–H and O–H groups in total. The Balaban J connectivity index is 1.33. The van der Waals surface area contributed by atoms with Crippen LogP contribution in [0.1, 0.15) is 47.2 Å². The van der Waals surface area contributed by atoms with Crippen molar-refractivity contribution in [2.45, 2.75) is 38.9 Å².